The first-order valence-electron chi connectivity index (χ1n) is 9.42. The van der Waals surface area contributed by atoms with Crippen molar-refractivity contribution in [2.24, 2.45) is 0 Å². The molecule has 1 aromatic carbocycles. The molecule has 0 saturated carbocycles. The van der Waals surface area contributed by atoms with E-state index in [9.17, 15) is 14.7 Å². The van der Waals surface area contributed by atoms with Gasteiger partial charge in [-0.1, -0.05) is 30.3 Å². The van der Waals surface area contributed by atoms with E-state index in [-0.39, 0.29) is 17.4 Å². The van der Waals surface area contributed by atoms with E-state index < -0.39 is 17.7 Å². The van der Waals surface area contributed by atoms with Crippen LogP contribution in [0, 0.1) is 6.92 Å². The monoisotopic (exact) mass is 383 g/mol. The maximum atomic E-state index is 12.8. The summed E-state index contributed by atoms with van der Waals surface area (Å²) in [7, 11) is 0. The number of nitrogens with zero attached hydrogens (tertiary/aromatic N) is 1. The maximum Gasteiger partial charge on any atom is 0.295 e. The molecule has 0 radical (unpaired) electrons. The second kappa shape index (κ2) is 8.44. The van der Waals surface area contributed by atoms with Crippen molar-refractivity contribution >= 4 is 17.4 Å². The number of likely N-dealkylation sites (tertiary alicyclic amines) is 1. The first-order valence-corrected chi connectivity index (χ1v) is 9.42. The smallest absolute Gasteiger partial charge is 0.295 e. The zero-order valence-corrected chi connectivity index (χ0v) is 16.3. The van der Waals surface area contributed by atoms with Crippen molar-refractivity contribution in [1.29, 1.82) is 0 Å². The molecule has 1 fully saturated rings. The standard InChI is InChI=1S/C22H25NO5/c1-14(2)27-13-7-12-23-19(17-11-10-15(3)28-17)18(21(25)22(23)26)20(24)16-8-5-4-6-9-16/h4-6,8-11,14,19,24H,7,12-13H2,1-3H3/b20-18-. The summed E-state index contributed by atoms with van der Waals surface area (Å²) in [6, 6.07) is 11.5. The van der Waals surface area contributed by atoms with Crippen LogP contribution in [0.25, 0.3) is 5.76 Å². The quantitative estimate of drug-likeness (QED) is 0.340. The molecule has 0 spiro atoms. The molecule has 1 aliphatic rings. The Morgan fingerprint density at radius 3 is 2.50 bits per heavy atom. The van der Waals surface area contributed by atoms with E-state index in [1.54, 1.807) is 43.3 Å². The van der Waals surface area contributed by atoms with Gasteiger partial charge in [-0.15, -0.1) is 0 Å². The van der Waals surface area contributed by atoms with Gasteiger partial charge in [0.15, 0.2) is 0 Å². The Morgan fingerprint density at radius 1 is 1.18 bits per heavy atom. The van der Waals surface area contributed by atoms with Crippen LogP contribution < -0.4 is 0 Å². The van der Waals surface area contributed by atoms with E-state index in [0.29, 0.717) is 36.7 Å². The fourth-order valence-corrected chi connectivity index (χ4v) is 3.31. The number of hydrogen-bond acceptors (Lipinski definition) is 5. The lowest BCUT2D eigenvalue weighted by atomic mass is 9.99. The molecule has 1 atom stereocenters. The highest BCUT2D eigenvalue weighted by molar-refractivity contribution is 6.46. The molecule has 1 aliphatic heterocycles. The van der Waals surface area contributed by atoms with Crippen molar-refractivity contribution in [3.63, 3.8) is 0 Å². The molecule has 6 heteroatoms. The third-order valence-corrected chi connectivity index (χ3v) is 4.61. The number of furan rings is 1. The number of benzene rings is 1. The highest BCUT2D eigenvalue weighted by Gasteiger charge is 2.47. The fourth-order valence-electron chi connectivity index (χ4n) is 3.31. The normalized spacial score (nSPS) is 19.0. The molecule has 28 heavy (non-hydrogen) atoms. The number of carbonyl (C=O) groups excluding carboxylic acids is 2. The third-order valence-electron chi connectivity index (χ3n) is 4.61. The van der Waals surface area contributed by atoms with Crippen LogP contribution >= 0.6 is 0 Å². The van der Waals surface area contributed by atoms with Crippen LogP contribution in [0.3, 0.4) is 0 Å². The molecule has 1 unspecified atom stereocenters. The number of ether oxygens (including phenoxy) is 1. The molecule has 0 bridgehead atoms. The zero-order valence-electron chi connectivity index (χ0n) is 16.3. The average molecular weight is 383 g/mol. The Hall–Kier alpha value is -2.86. The van der Waals surface area contributed by atoms with Crippen molar-refractivity contribution in [3.8, 4) is 0 Å². The van der Waals surface area contributed by atoms with Gasteiger partial charge in [0.05, 0.1) is 11.7 Å². The average Bonchev–Trinajstić information content (AvgIpc) is 3.21. The molecule has 3 rings (SSSR count). The molecule has 1 aromatic heterocycles. The minimum Gasteiger partial charge on any atom is -0.507 e. The summed E-state index contributed by atoms with van der Waals surface area (Å²) >= 11 is 0. The Balaban J connectivity index is 1.98. The van der Waals surface area contributed by atoms with Gasteiger partial charge in [0.2, 0.25) is 0 Å². The van der Waals surface area contributed by atoms with Crippen molar-refractivity contribution in [2.45, 2.75) is 39.3 Å². The first-order chi connectivity index (χ1) is 13.4. The Kier molecular flexibility index (Phi) is 5.99. The fraction of sp³-hybridized carbons (Fsp3) is 0.364. The van der Waals surface area contributed by atoms with Gasteiger partial charge in [-0.3, -0.25) is 9.59 Å². The molecule has 6 nitrogen and oxygen atoms in total. The van der Waals surface area contributed by atoms with Crippen LogP contribution in [-0.2, 0) is 14.3 Å². The van der Waals surface area contributed by atoms with Crippen LogP contribution in [0.1, 0.15) is 43.4 Å². The highest BCUT2D eigenvalue weighted by Crippen LogP contribution is 2.39. The second-order valence-corrected chi connectivity index (χ2v) is 7.08. The van der Waals surface area contributed by atoms with Crippen molar-refractivity contribution in [1.82, 2.24) is 4.90 Å². The summed E-state index contributed by atoms with van der Waals surface area (Å²) in [5, 5.41) is 10.8. The van der Waals surface area contributed by atoms with Crippen molar-refractivity contribution < 1.29 is 23.8 Å². The molecule has 2 heterocycles. The largest absolute Gasteiger partial charge is 0.507 e. The minimum absolute atomic E-state index is 0.0512. The van der Waals surface area contributed by atoms with E-state index in [2.05, 4.69) is 0 Å². The van der Waals surface area contributed by atoms with E-state index in [1.165, 1.54) is 4.90 Å². The van der Waals surface area contributed by atoms with Gasteiger partial charge in [-0.25, -0.2) is 0 Å². The lowest BCUT2D eigenvalue weighted by Crippen LogP contribution is -2.31. The maximum absolute atomic E-state index is 12.8. The third kappa shape index (κ3) is 4.02. The highest BCUT2D eigenvalue weighted by atomic mass is 16.5. The van der Waals surface area contributed by atoms with Gasteiger partial charge in [0.1, 0.15) is 23.3 Å². The molecule has 2 aromatic rings. The summed E-state index contributed by atoms with van der Waals surface area (Å²) < 4.78 is 11.3. The van der Waals surface area contributed by atoms with Gasteiger partial charge >= 0.3 is 0 Å². The Bertz CT molecular complexity index is 881. The summed E-state index contributed by atoms with van der Waals surface area (Å²) in [6.07, 6.45) is 0.671. The lowest BCUT2D eigenvalue weighted by Gasteiger charge is -2.23. The first kappa shape index (κ1) is 19.9. The number of Topliss-reactive ketones (excluding diaryl/α,β-unsaturated/α-hetero) is 1. The van der Waals surface area contributed by atoms with Crippen LogP contribution in [0.4, 0.5) is 0 Å². The summed E-state index contributed by atoms with van der Waals surface area (Å²) in [6.45, 7) is 6.48. The summed E-state index contributed by atoms with van der Waals surface area (Å²) in [5.41, 5.74) is 0.534. The van der Waals surface area contributed by atoms with Crippen molar-refractivity contribution in [3.05, 3.63) is 65.1 Å². The molecular formula is C22H25NO5. The minimum atomic E-state index is -0.757. The number of amides is 1. The topological polar surface area (TPSA) is 80.0 Å². The van der Waals surface area contributed by atoms with Crippen molar-refractivity contribution in [2.75, 3.05) is 13.2 Å². The predicted molar refractivity (Wildman–Crippen MR) is 105 cm³/mol. The summed E-state index contributed by atoms with van der Waals surface area (Å²) in [4.78, 5) is 27.0. The SMILES string of the molecule is Cc1ccc(C2/C(=C(/O)c3ccccc3)C(=O)C(=O)N2CCCOC(C)C)o1. The van der Waals surface area contributed by atoms with Gasteiger partial charge in [-0.2, -0.15) is 0 Å². The number of carbonyl (C=O) groups is 2. The van der Waals surface area contributed by atoms with Crippen LogP contribution in [0.15, 0.2) is 52.5 Å². The second-order valence-electron chi connectivity index (χ2n) is 7.08. The number of rotatable bonds is 7. The number of aryl methyl sites for hydroxylation is 1. The van der Waals surface area contributed by atoms with E-state index in [0.717, 1.165) is 0 Å². The van der Waals surface area contributed by atoms with Crippen LogP contribution in [0.5, 0.6) is 0 Å². The van der Waals surface area contributed by atoms with Crippen LogP contribution in [0.2, 0.25) is 0 Å². The Labute approximate surface area is 164 Å². The Morgan fingerprint density at radius 2 is 1.89 bits per heavy atom. The van der Waals surface area contributed by atoms with Crippen LogP contribution in [-0.4, -0.2) is 41.0 Å². The number of ketones is 1. The summed E-state index contributed by atoms with van der Waals surface area (Å²) in [5.74, 6) is -0.410. The molecular weight excluding hydrogens is 358 g/mol. The molecule has 1 amide bonds. The zero-order chi connectivity index (χ0) is 20.3. The molecule has 1 N–H and O–H groups in total. The van der Waals surface area contributed by atoms with E-state index in [1.807, 2.05) is 19.9 Å². The predicted octanol–water partition coefficient (Wildman–Crippen LogP) is 3.82. The lowest BCUT2D eigenvalue weighted by molar-refractivity contribution is -0.140. The van der Waals surface area contributed by atoms with Gasteiger partial charge in [0, 0.05) is 18.7 Å². The number of aliphatic hydroxyl groups excluding tert-OH is 1. The molecule has 0 aliphatic carbocycles. The number of hydrogen-bond donors (Lipinski definition) is 1. The van der Waals surface area contributed by atoms with Gasteiger partial charge in [-0.05, 0) is 39.3 Å². The molecule has 1 saturated heterocycles. The number of aliphatic hydroxyl groups is 1. The van der Waals surface area contributed by atoms with E-state index >= 15 is 0 Å². The van der Waals surface area contributed by atoms with Gasteiger partial charge < -0.3 is 19.2 Å². The van der Waals surface area contributed by atoms with Gasteiger partial charge in [0.25, 0.3) is 11.7 Å². The molecule has 148 valence electrons. The van der Waals surface area contributed by atoms with E-state index in [4.69, 9.17) is 9.15 Å².